The number of nitrogens with zero attached hydrogens (tertiary/aromatic N) is 4. The molecule has 234 valence electrons. The van der Waals surface area contributed by atoms with Crippen molar-refractivity contribution in [2.75, 3.05) is 0 Å². The van der Waals surface area contributed by atoms with Crippen LogP contribution in [0, 0.1) is 0 Å². The van der Waals surface area contributed by atoms with Gasteiger partial charge < -0.3 is 4.42 Å². The summed E-state index contributed by atoms with van der Waals surface area (Å²) < 4.78 is 8.66. The maximum Gasteiger partial charge on any atom is 0.238 e. The first-order valence-electron chi connectivity index (χ1n) is 16.7. The van der Waals surface area contributed by atoms with Gasteiger partial charge in [-0.3, -0.25) is 4.57 Å². The van der Waals surface area contributed by atoms with Crippen LogP contribution in [0.5, 0.6) is 0 Å². The average Bonchev–Trinajstić information content (AvgIpc) is 3.74. The van der Waals surface area contributed by atoms with Crippen LogP contribution in [0.15, 0.2) is 174 Å². The molecule has 0 N–H and O–H groups in total. The van der Waals surface area contributed by atoms with Crippen LogP contribution in [0.3, 0.4) is 0 Å². The van der Waals surface area contributed by atoms with E-state index in [1.165, 1.54) is 0 Å². The summed E-state index contributed by atoms with van der Waals surface area (Å²) in [4.78, 5) is 15.2. The predicted molar refractivity (Wildman–Crippen MR) is 203 cm³/mol. The fraction of sp³-hybridized carbons (Fsp3) is 0. The van der Waals surface area contributed by atoms with Gasteiger partial charge in [-0.2, -0.15) is 9.97 Å². The van der Waals surface area contributed by atoms with Crippen molar-refractivity contribution in [3.63, 3.8) is 0 Å². The molecule has 5 nitrogen and oxygen atoms in total. The van der Waals surface area contributed by atoms with E-state index in [2.05, 4.69) is 95.6 Å². The first-order chi connectivity index (χ1) is 24.8. The van der Waals surface area contributed by atoms with Crippen LogP contribution in [0.25, 0.3) is 94.7 Å². The van der Waals surface area contributed by atoms with E-state index in [1.807, 2.05) is 78.9 Å². The van der Waals surface area contributed by atoms with Gasteiger partial charge in [0, 0.05) is 38.2 Å². The van der Waals surface area contributed by atoms with Crippen LogP contribution in [0.2, 0.25) is 0 Å². The quantitative estimate of drug-likeness (QED) is 0.188. The molecular formula is C45H28N4O. The van der Waals surface area contributed by atoms with Crippen LogP contribution < -0.4 is 0 Å². The van der Waals surface area contributed by atoms with Crippen molar-refractivity contribution in [1.82, 2.24) is 19.5 Å². The first kappa shape index (κ1) is 28.2. The number of para-hydroxylation sites is 2. The lowest BCUT2D eigenvalue weighted by Gasteiger charge is -2.12. The molecular weight excluding hydrogens is 613 g/mol. The van der Waals surface area contributed by atoms with E-state index in [0.717, 1.165) is 77.1 Å². The normalized spacial score (nSPS) is 11.6. The Morgan fingerprint density at radius 1 is 0.380 bits per heavy atom. The summed E-state index contributed by atoms with van der Waals surface area (Å²) in [6, 6.07) is 58.6. The van der Waals surface area contributed by atoms with Crippen LogP contribution in [-0.2, 0) is 0 Å². The van der Waals surface area contributed by atoms with Crippen molar-refractivity contribution in [2.45, 2.75) is 0 Å². The summed E-state index contributed by atoms with van der Waals surface area (Å²) in [6.45, 7) is 0. The standard InChI is InChI=1S/C45H28N4O/c1-4-14-29(15-5-1)37-26-33(27-38-36-21-11-13-23-41(36)50-42(37)38)32-24-25-35-34-20-10-12-22-39(34)49(40(35)28-32)45-47-43(30-16-6-2-7-17-30)46-44(48-45)31-18-8-3-9-19-31/h1-28H. The molecule has 3 aromatic heterocycles. The third-order valence-corrected chi connectivity index (χ3v) is 9.46. The average molecular weight is 641 g/mol. The van der Waals surface area contributed by atoms with Gasteiger partial charge in [-0.15, -0.1) is 0 Å². The van der Waals surface area contributed by atoms with Gasteiger partial charge in [0.05, 0.1) is 11.0 Å². The minimum Gasteiger partial charge on any atom is -0.455 e. The maximum atomic E-state index is 6.48. The molecule has 0 bridgehead atoms. The Hall–Kier alpha value is -6.85. The minimum absolute atomic E-state index is 0.572. The number of rotatable bonds is 5. The molecule has 10 rings (SSSR count). The Labute approximate surface area is 287 Å². The highest BCUT2D eigenvalue weighted by atomic mass is 16.3. The van der Waals surface area contributed by atoms with E-state index in [4.69, 9.17) is 19.4 Å². The zero-order valence-corrected chi connectivity index (χ0v) is 26.9. The molecule has 5 heteroatoms. The number of aromatic nitrogens is 4. The summed E-state index contributed by atoms with van der Waals surface area (Å²) >= 11 is 0. The summed E-state index contributed by atoms with van der Waals surface area (Å²) in [7, 11) is 0. The van der Waals surface area contributed by atoms with Gasteiger partial charge in [0.2, 0.25) is 5.95 Å². The molecule has 0 unspecified atom stereocenters. The lowest BCUT2D eigenvalue weighted by molar-refractivity contribution is 0.670. The number of furan rings is 1. The molecule has 0 fully saturated rings. The van der Waals surface area contributed by atoms with Crippen molar-refractivity contribution >= 4 is 43.7 Å². The second kappa shape index (κ2) is 11.4. The van der Waals surface area contributed by atoms with Gasteiger partial charge in [0.15, 0.2) is 11.6 Å². The zero-order chi connectivity index (χ0) is 33.0. The third-order valence-electron chi connectivity index (χ3n) is 9.46. The summed E-state index contributed by atoms with van der Waals surface area (Å²) in [6.07, 6.45) is 0. The summed E-state index contributed by atoms with van der Waals surface area (Å²) in [5.41, 5.74) is 10.1. The minimum atomic E-state index is 0.572. The highest BCUT2D eigenvalue weighted by Gasteiger charge is 2.20. The Morgan fingerprint density at radius 3 is 1.66 bits per heavy atom. The third kappa shape index (κ3) is 4.60. The van der Waals surface area contributed by atoms with Crippen molar-refractivity contribution in [2.24, 2.45) is 0 Å². The Bertz CT molecular complexity index is 2800. The summed E-state index contributed by atoms with van der Waals surface area (Å²) in [5, 5.41) is 4.46. The van der Waals surface area contributed by atoms with Crippen LogP contribution in [-0.4, -0.2) is 19.5 Å². The van der Waals surface area contributed by atoms with Gasteiger partial charge in [-0.1, -0.05) is 140 Å². The molecule has 7 aromatic carbocycles. The van der Waals surface area contributed by atoms with Gasteiger partial charge in [-0.05, 0) is 47.0 Å². The lowest BCUT2D eigenvalue weighted by atomic mass is 9.95. The number of fused-ring (bicyclic) bond motifs is 6. The van der Waals surface area contributed by atoms with Crippen LogP contribution in [0.4, 0.5) is 0 Å². The van der Waals surface area contributed by atoms with Gasteiger partial charge in [0.1, 0.15) is 11.2 Å². The second-order valence-electron chi connectivity index (χ2n) is 12.5. The van der Waals surface area contributed by atoms with Crippen molar-refractivity contribution in [3.05, 3.63) is 170 Å². The Balaban J connectivity index is 1.24. The number of hydrogen-bond acceptors (Lipinski definition) is 4. The Kier molecular flexibility index (Phi) is 6.42. The van der Waals surface area contributed by atoms with E-state index in [-0.39, 0.29) is 0 Å². The fourth-order valence-corrected chi connectivity index (χ4v) is 7.09. The zero-order valence-electron chi connectivity index (χ0n) is 26.9. The van der Waals surface area contributed by atoms with Crippen molar-refractivity contribution in [1.29, 1.82) is 0 Å². The molecule has 0 aliphatic heterocycles. The lowest BCUT2D eigenvalue weighted by Crippen LogP contribution is -2.06. The predicted octanol–water partition coefficient (Wildman–Crippen LogP) is 11.5. The van der Waals surface area contributed by atoms with Crippen molar-refractivity contribution in [3.8, 4) is 51.0 Å². The van der Waals surface area contributed by atoms with E-state index < -0.39 is 0 Å². The van der Waals surface area contributed by atoms with E-state index in [9.17, 15) is 0 Å². The molecule has 0 aliphatic carbocycles. The molecule has 0 amide bonds. The monoisotopic (exact) mass is 640 g/mol. The van der Waals surface area contributed by atoms with Crippen LogP contribution >= 0.6 is 0 Å². The maximum absolute atomic E-state index is 6.48. The topological polar surface area (TPSA) is 56.7 Å². The Morgan fingerprint density at radius 2 is 0.960 bits per heavy atom. The van der Waals surface area contributed by atoms with Gasteiger partial charge in [-0.25, -0.2) is 4.98 Å². The fourth-order valence-electron chi connectivity index (χ4n) is 7.09. The van der Waals surface area contributed by atoms with Crippen molar-refractivity contribution < 1.29 is 4.42 Å². The molecule has 0 aliphatic rings. The number of benzene rings is 7. The molecule has 0 saturated heterocycles. The molecule has 10 aromatic rings. The highest BCUT2D eigenvalue weighted by Crippen LogP contribution is 2.41. The number of hydrogen-bond donors (Lipinski definition) is 0. The second-order valence-corrected chi connectivity index (χ2v) is 12.5. The van der Waals surface area contributed by atoms with E-state index in [0.29, 0.717) is 17.6 Å². The van der Waals surface area contributed by atoms with E-state index >= 15 is 0 Å². The van der Waals surface area contributed by atoms with Gasteiger partial charge >= 0.3 is 0 Å². The summed E-state index contributed by atoms with van der Waals surface area (Å²) in [5.74, 6) is 1.82. The smallest absolute Gasteiger partial charge is 0.238 e. The molecule has 0 radical (unpaired) electrons. The highest BCUT2D eigenvalue weighted by molar-refractivity contribution is 6.13. The van der Waals surface area contributed by atoms with Gasteiger partial charge in [0.25, 0.3) is 0 Å². The van der Waals surface area contributed by atoms with E-state index in [1.54, 1.807) is 0 Å². The SMILES string of the molecule is c1ccc(-c2nc(-c3ccccc3)nc(-n3c4ccccc4c4ccc(-c5cc(-c6ccccc6)c6oc7ccccc7c6c5)cc43)n2)cc1. The first-order valence-corrected chi connectivity index (χ1v) is 16.7. The molecule has 50 heavy (non-hydrogen) atoms. The molecule has 0 atom stereocenters. The largest absolute Gasteiger partial charge is 0.455 e. The molecule has 0 spiro atoms. The molecule has 3 heterocycles. The van der Waals surface area contributed by atoms with Crippen LogP contribution in [0.1, 0.15) is 0 Å². The molecule has 0 saturated carbocycles.